The van der Waals surface area contributed by atoms with Gasteiger partial charge in [0, 0.05) is 26.2 Å². The number of carbonyl (C=O) groups excluding carboxylic acids is 1. The lowest BCUT2D eigenvalue weighted by Crippen LogP contribution is -2.48. The Labute approximate surface area is 146 Å². The van der Waals surface area contributed by atoms with Crippen molar-refractivity contribution in [3.05, 3.63) is 41.4 Å². The van der Waals surface area contributed by atoms with Crippen molar-refractivity contribution < 1.29 is 14.7 Å². The topological polar surface area (TPSA) is 60.9 Å². The van der Waals surface area contributed by atoms with Gasteiger partial charge in [0.2, 0.25) is 5.91 Å². The lowest BCUT2D eigenvalue weighted by molar-refractivity contribution is -0.159. The number of amides is 1. The summed E-state index contributed by atoms with van der Waals surface area (Å²) in [7, 11) is 0. The highest BCUT2D eigenvalue weighted by atomic mass is 35.5. The number of para-hydroxylation sites is 1. The maximum Gasteiger partial charge on any atom is 0.319 e. The van der Waals surface area contributed by atoms with Crippen LogP contribution in [0.2, 0.25) is 5.02 Å². The average molecular weight is 349 g/mol. The Bertz CT molecular complexity index is 666. The van der Waals surface area contributed by atoms with Crippen LogP contribution in [0.25, 0.3) is 0 Å². The molecule has 5 nitrogen and oxygen atoms in total. The zero-order valence-corrected chi connectivity index (χ0v) is 14.2. The first-order valence-electron chi connectivity index (χ1n) is 8.22. The summed E-state index contributed by atoms with van der Waals surface area (Å²) < 4.78 is 0. The molecule has 1 saturated heterocycles. The fourth-order valence-corrected chi connectivity index (χ4v) is 3.72. The van der Waals surface area contributed by atoms with Gasteiger partial charge in [-0.2, -0.15) is 0 Å². The molecule has 2 aliphatic rings. The first-order chi connectivity index (χ1) is 11.5. The van der Waals surface area contributed by atoms with Crippen LogP contribution in [0.4, 0.5) is 5.69 Å². The number of aliphatic carboxylic acids is 1. The third kappa shape index (κ3) is 3.00. The van der Waals surface area contributed by atoms with E-state index in [2.05, 4.69) is 4.90 Å². The fraction of sp³-hybridized carbons (Fsp3) is 0.444. The molecule has 1 aromatic rings. The summed E-state index contributed by atoms with van der Waals surface area (Å²) in [5.41, 5.74) is -0.344. The first kappa shape index (κ1) is 16.8. The van der Waals surface area contributed by atoms with Crippen molar-refractivity contribution in [2.75, 3.05) is 31.1 Å². The van der Waals surface area contributed by atoms with Gasteiger partial charge in [0.1, 0.15) is 0 Å². The summed E-state index contributed by atoms with van der Waals surface area (Å²) in [6.45, 7) is 2.54. The van der Waals surface area contributed by atoms with Crippen molar-refractivity contribution in [2.45, 2.75) is 19.3 Å². The molecule has 0 bridgehead atoms. The lowest BCUT2D eigenvalue weighted by Gasteiger charge is -2.31. The second-order valence-electron chi connectivity index (χ2n) is 6.35. The van der Waals surface area contributed by atoms with Crippen molar-refractivity contribution in [3.63, 3.8) is 0 Å². The van der Waals surface area contributed by atoms with Crippen LogP contribution in [0.1, 0.15) is 19.3 Å². The Morgan fingerprint density at radius 2 is 1.75 bits per heavy atom. The Hall–Kier alpha value is -2.01. The Balaban J connectivity index is 1.73. The minimum absolute atomic E-state index is 0.263. The molecule has 3 rings (SSSR count). The summed E-state index contributed by atoms with van der Waals surface area (Å²) in [5.74, 6) is -1.29. The molecule has 0 atom stereocenters. The van der Waals surface area contributed by atoms with Crippen molar-refractivity contribution in [3.8, 4) is 0 Å². The second kappa shape index (κ2) is 6.85. The largest absolute Gasteiger partial charge is 0.480 e. The fourth-order valence-electron chi connectivity index (χ4n) is 3.47. The molecule has 1 N–H and O–H groups in total. The van der Waals surface area contributed by atoms with Crippen LogP contribution < -0.4 is 4.90 Å². The predicted molar refractivity (Wildman–Crippen MR) is 93.3 cm³/mol. The molecule has 128 valence electrons. The standard InChI is InChI=1S/C18H21ClN2O3/c19-14-6-1-2-7-15(14)20-10-5-11-21(13-12-20)16(22)18(17(23)24)8-3-4-9-18/h1-4,6-7H,5,8-13H2,(H,23,24). The first-order valence-corrected chi connectivity index (χ1v) is 8.60. The van der Waals surface area contributed by atoms with Crippen LogP contribution in [0.15, 0.2) is 36.4 Å². The van der Waals surface area contributed by atoms with E-state index in [1.807, 2.05) is 24.3 Å². The van der Waals surface area contributed by atoms with Crippen molar-refractivity contribution >= 4 is 29.2 Å². The van der Waals surface area contributed by atoms with Gasteiger partial charge in [-0.1, -0.05) is 35.9 Å². The summed E-state index contributed by atoms with van der Waals surface area (Å²) >= 11 is 6.27. The summed E-state index contributed by atoms with van der Waals surface area (Å²) in [5, 5.41) is 10.3. The number of anilines is 1. The zero-order valence-electron chi connectivity index (χ0n) is 13.4. The summed E-state index contributed by atoms with van der Waals surface area (Å²) in [6.07, 6.45) is 4.94. The Kier molecular flexibility index (Phi) is 4.81. The molecule has 0 saturated carbocycles. The van der Waals surface area contributed by atoms with E-state index in [-0.39, 0.29) is 18.7 Å². The van der Waals surface area contributed by atoms with Gasteiger partial charge in [0.25, 0.3) is 0 Å². The predicted octanol–water partition coefficient (Wildman–Crippen LogP) is 2.80. The van der Waals surface area contributed by atoms with E-state index in [9.17, 15) is 14.7 Å². The number of hydrogen-bond acceptors (Lipinski definition) is 3. The highest BCUT2D eigenvalue weighted by Crippen LogP contribution is 2.36. The number of hydrogen-bond donors (Lipinski definition) is 1. The number of benzene rings is 1. The molecule has 1 aromatic carbocycles. The van der Waals surface area contributed by atoms with Crippen LogP contribution in [-0.2, 0) is 9.59 Å². The van der Waals surface area contributed by atoms with Crippen LogP contribution in [0.5, 0.6) is 0 Å². The third-order valence-corrected chi connectivity index (χ3v) is 5.21. The van der Waals surface area contributed by atoms with E-state index < -0.39 is 11.4 Å². The quantitative estimate of drug-likeness (QED) is 0.674. The zero-order chi connectivity index (χ0) is 17.2. The van der Waals surface area contributed by atoms with Gasteiger partial charge in [0.05, 0.1) is 10.7 Å². The maximum absolute atomic E-state index is 12.9. The molecule has 1 aliphatic heterocycles. The van der Waals surface area contributed by atoms with Gasteiger partial charge in [-0.3, -0.25) is 9.59 Å². The molecule has 0 radical (unpaired) electrons. The second-order valence-corrected chi connectivity index (χ2v) is 6.76. The third-order valence-electron chi connectivity index (χ3n) is 4.89. The molecular formula is C18H21ClN2O3. The minimum atomic E-state index is -1.31. The van der Waals surface area contributed by atoms with E-state index in [1.54, 1.807) is 17.1 Å². The number of carbonyl (C=O) groups is 2. The van der Waals surface area contributed by atoms with Crippen LogP contribution in [-0.4, -0.2) is 48.1 Å². The minimum Gasteiger partial charge on any atom is -0.480 e. The number of rotatable bonds is 3. The molecule has 0 aromatic heterocycles. The van der Waals surface area contributed by atoms with Crippen molar-refractivity contribution in [2.24, 2.45) is 5.41 Å². The van der Waals surface area contributed by atoms with E-state index in [0.29, 0.717) is 24.7 Å². The number of nitrogens with zero attached hydrogens (tertiary/aromatic N) is 2. The molecule has 0 unspecified atom stereocenters. The van der Waals surface area contributed by atoms with Gasteiger partial charge >= 0.3 is 5.97 Å². The van der Waals surface area contributed by atoms with Crippen LogP contribution in [0.3, 0.4) is 0 Å². The van der Waals surface area contributed by atoms with Gasteiger partial charge in [-0.25, -0.2) is 0 Å². The van der Waals surface area contributed by atoms with Gasteiger partial charge < -0.3 is 14.9 Å². The number of halogens is 1. The average Bonchev–Trinajstić information content (AvgIpc) is 2.95. The van der Waals surface area contributed by atoms with Crippen molar-refractivity contribution in [1.29, 1.82) is 0 Å². The number of allylic oxidation sites excluding steroid dienone is 2. The van der Waals surface area contributed by atoms with E-state index in [4.69, 9.17) is 11.6 Å². The highest BCUT2D eigenvalue weighted by molar-refractivity contribution is 6.33. The molecule has 24 heavy (non-hydrogen) atoms. The summed E-state index contributed by atoms with van der Waals surface area (Å²) in [4.78, 5) is 28.5. The maximum atomic E-state index is 12.9. The van der Waals surface area contributed by atoms with Gasteiger partial charge in [-0.15, -0.1) is 0 Å². The monoisotopic (exact) mass is 348 g/mol. The number of carboxylic acid groups (broad SMARTS) is 1. The van der Waals surface area contributed by atoms with Gasteiger partial charge in [0.15, 0.2) is 5.41 Å². The Morgan fingerprint density at radius 1 is 1.04 bits per heavy atom. The molecule has 1 heterocycles. The van der Waals surface area contributed by atoms with E-state index in [0.717, 1.165) is 18.7 Å². The molecular weight excluding hydrogens is 328 g/mol. The van der Waals surface area contributed by atoms with E-state index >= 15 is 0 Å². The molecule has 1 amide bonds. The van der Waals surface area contributed by atoms with E-state index in [1.165, 1.54) is 0 Å². The SMILES string of the molecule is O=C(O)C1(C(=O)N2CCCN(c3ccccc3Cl)CC2)CC=CC1. The molecule has 6 heteroatoms. The molecule has 0 spiro atoms. The number of carboxylic acids is 1. The summed E-state index contributed by atoms with van der Waals surface area (Å²) in [6, 6.07) is 7.66. The highest BCUT2D eigenvalue weighted by Gasteiger charge is 2.48. The molecule has 1 fully saturated rings. The Morgan fingerprint density at radius 3 is 2.42 bits per heavy atom. The van der Waals surface area contributed by atoms with Crippen LogP contribution in [0, 0.1) is 5.41 Å². The normalized spacial score (nSPS) is 20.0. The smallest absolute Gasteiger partial charge is 0.319 e. The molecule has 1 aliphatic carbocycles. The lowest BCUT2D eigenvalue weighted by atomic mass is 9.83. The van der Waals surface area contributed by atoms with Gasteiger partial charge in [-0.05, 0) is 31.4 Å². The van der Waals surface area contributed by atoms with Crippen molar-refractivity contribution in [1.82, 2.24) is 4.90 Å². The van der Waals surface area contributed by atoms with Crippen LogP contribution >= 0.6 is 11.6 Å².